The van der Waals surface area contributed by atoms with Crippen LogP contribution in [0.3, 0.4) is 0 Å². The first-order valence-corrected chi connectivity index (χ1v) is 6.97. The molecule has 0 aromatic heterocycles. The molecular formula is C14H19BrN2O. The van der Waals surface area contributed by atoms with Crippen LogP contribution in [0.25, 0.3) is 0 Å². The van der Waals surface area contributed by atoms with E-state index in [0.29, 0.717) is 19.6 Å². The van der Waals surface area contributed by atoms with Crippen LogP contribution in [0.4, 0.5) is 0 Å². The first-order chi connectivity index (χ1) is 8.69. The lowest BCUT2D eigenvalue weighted by Gasteiger charge is -2.14. The Hall–Kier alpha value is -1.05. The molecule has 0 aliphatic carbocycles. The molecule has 0 atom stereocenters. The number of nitrogens with two attached hydrogens (primary N) is 1. The van der Waals surface area contributed by atoms with Gasteiger partial charge in [0.15, 0.2) is 0 Å². The van der Waals surface area contributed by atoms with Crippen molar-refractivity contribution in [3.63, 3.8) is 0 Å². The summed E-state index contributed by atoms with van der Waals surface area (Å²) in [7, 11) is 0. The topological polar surface area (TPSA) is 59.0 Å². The number of nitriles is 1. The van der Waals surface area contributed by atoms with Crippen LogP contribution in [0.2, 0.25) is 0 Å². The largest absolute Gasteiger partial charge is 0.493 e. The highest BCUT2D eigenvalue weighted by atomic mass is 79.9. The number of hydrogen-bond donors (Lipinski definition) is 1. The van der Waals surface area contributed by atoms with Crippen LogP contribution in [-0.2, 0) is 6.42 Å². The summed E-state index contributed by atoms with van der Waals surface area (Å²) in [6.45, 7) is 3.30. The SMILES string of the molecule is Cc1cc(Br)cc(CCN)c1OCCCCC#N. The van der Waals surface area contributed by atoms with Gasteiger partial charge in [-0.3, -0.25) is 0 Å². The van der Waals surface area contributed by atoms with E-state index in [1.54, 1.807) is 0 Å². The summed E-state index contributed by atoms with van der Waals surface area (Å²) >= 11 is 3.49. The average molecular weight is 311 g/mol. The van der Waals surface area contributed by atoms with E-state index in [2.05, 4.69) is 28.1 Å². The highest BCUT2D eigenvalue weighted by molar-refractivity contribution is 9.10. The van der Waals surface area contributed by atoms with Crippen molar-refractivity contribution in [2.75, 3.05) is 13.2 Å². The molecule has 0 bridgehead atoms. The number of aryl methyl sites for hydroxylation is 1. The number of unbranched alkanes of at least 4 members (excludes halogenated alkanes) is 2. The molecule has 1 rings (SSSR count). The maximum absolute atomic E-state index is 8.46. The zero-order chi connectivity index (χ0) is 13.4. The molecule has 1 aromatic rings. The van der Waals surface area contributed by atoms with E-state index < -0.39 is 0 Å². The molecule has 0 saturated heterocycles. The van der Waals surface area contributed by atoms with Crippen LogP contribution in [0.15, 0.2) is 16.6 Å². The van der Waals surface area contributed by atoms with Gasteiger partial charge in [0.2, 0.25) is 0 Å². The molecule has 2 N–H and O–H groups in total. The second kappa shape index (κ2) is 8.12. The van der Waals surface area contributed by atoms with E-state index in [1.165, 1.54) is 0 Å². The minimum atomic E-state index is 0.596. The fourth-order valence-corrected chi connectivity index (χ4v) is 2.45. The Morgan fingerprint density at radius 1 is 1.39 bits per heavy atom. The third-order valence-electron chi connectivity index (χ3n) is 2.66. The minimum absolute atomic E-state index is 0.596. The Labute approximate surface area is 117 Å². The number of halogens is 1. The van der Waals surface area contributed by atoms with Crippen LogP contribution in [0, 0.1) is 18.3 Å². The van der Waals surface area contributed by atoms with E-state index in [9.17, 15) is 0 Å². The van der Waals surface area contributed by atoms with E-state index in [-0.39, 0.29) is 0 Å². The van der Waals surface area contributed by atoms with Crippen LogP contribution in [-0.4, -0.2) is 13.2 Å². The number of benzene rings is 1. The van der Waals surface area contributed by atoms with Gasteiger partial charge in [-0.2, -0.15) is 5.26 Å². The van der Waals surface area contributed by atoms with Crippen molar-refractivity contribution in [2.45, 2.75) is 32.6 Å². The zero-order valence-corrected chi connectivity index (χ0v) is 12.3. The van der Waals surface area contributed by atoms with Crippen LogP contribution in [0.1, 0.15) is 30.4 Å². The predicted octanol–water partition coefficient (Wildman–Crippen LogP) is 3.33. The van der Waals surface area contributed by atoms with Crippen LogP contribution in [0.5, 0.6) is 5.75 Å². The maximum atomic E-state index is 8.46. The second-order valence-electron chi connectivity index (χ2n) is 4.21. The summed E-state index contributed by atoms with van der Waals surface area (Å²) in [4.78, 5) is 0. The maximum Gasteiger partial charge on any atom is 0.125 e. The van der Waals surface area contributed by atoms with Gasteiger partial charge >= 0.3 is 0 Å². The fourth-order valence-electron chi connectivity index (χ4n) is 1.83. The smallest absolute Gasteiger partial charge is 0.125 e. The third-order valence-corrected chi connectivity index (χ3v) is 3.12. The molecule has 0 unspecified atom stereocenters. The molecule has 18 heavy (non-hydrogen) atoms. The van der Waals surface area contributed by atoms with Crippen molar-refractivity contribution in [2.24, 2.45) is 5.73 Å². The van der Waals surface area contributed by atoms with Crippen molar-refractivity contribution in [3.8, 4) is 11.8 Å². The van der Waals surface area contributed by atoms with Gasteiger partial charge in [0, 0.05) is 10.9 Å². The lowest BCUT2D eigenvalue weighted by molar-refractivity contribution is 0.302. The van der Waals surface area contributed by atoms with Gasteiger partial charge < -0.3 is 10.5 Å². The monoisotopic (exact) mass is 310 g/mol. The third kappa shape index (κ3) is 4.67. The zero-order valence-electron chi connectivity index (χ0n) is 10.7. The predicted molar refractivity (Wildman–Crippen MR) is 76.6 cm³/mol. The quantitative estimate of drug-likeness (QED) is 0.786. The van der Waals surface area contributed by atoms with Crippen molar-refractivity contribution in [3.05, 3.63) is 27.7 Å². The highest BCUT2D eigenvalue weighted by Gasteiger charge is 2.08. The number of nitrogens with zero attached hydrogens (tertiary/aromatic N) is 1. The molecule has 4 heteroatoms. The molecule has 0 spiro atoms. The van der Waals surface area contributed by atoms with Crippen molar-refractivity contribution in [1.82, 2.24) is 0 Å². The summed E-state index contributed by atoms with van der Waals surface area (Å²) < 4.78 is 6.89. The standard InChI is InChI=1S/C14H19BrN2O/c1-11-9-13(15)10-12(5-7-17)14(11)18-8-4-2-3-6-16/h9-10H,2-5,7-8,17H2,1H3. The van der Waals surface area contributed by atoms with E-state index >= 15 is 0 Å². The molecule has 0 aliphatic rings. The molecule has 0 heterocycles. The summed E-state index contributed by atoms with van der Waals surface area (Å²) in [6.07, 6.45) is 3.20. The molecular weight excluding hydrogens is 292 g/mol. The number of hydrogen-bond acceptors (Lipinski definition) is 3. The lowest BCUT2D eigenvalue weighted by Crippen LogP contribution is -2.07. The molecule has 98 valence electrons. The van der Waals surface area contributed by atoms with Gasteiger partial charge in [0.25, 0.3) is 0 Å². The van der Waals surface area contributed by atoms with Gasteiger partial charge in [-0.1, -0.05) is 15.9 Å². The van der Waals surface area contributed by atoms with Gasteiger partial charge in [-0.15, -0.1) is 0 Å². The van der Waals surface area contributed by atoms with Crippen LogP contribution >= 0.6 is 15.9 Å². The minimum Gasteiger partial charge on any atom is -0.493 e. The van der Waals surface area contributed by atoms with Gasteiger partial charge in [0.05, 0.1) is 12.7 Å². The Morgan fingerprint density at radius 3 is 2.83 bits per heavy atom. The van der Waals surface area contributed by atoms with Crippen molar-refractivity contribution < 1.29 is 4.74 Å². The van der Waals surface area contributed by atoms with Gasteiger partial charge in [-0.25, -0.2) is 0 Å². The summed E-state index contributed by atoms with van der Waals surface area (Å²) in [6, 6.07) is 6.24. The van der Waals surface area contributed by atoms with Gasteiger partial charge in [0.1, 0.15) is 5.75 Å². The fraction of sp³-hybridized carbons (Fsp3) is 0.500. The average Bonchev–Trinajstić information content (AvgIpc) is 2.32. The van der Waals surface area contributed by atoms with Crippen molar-refractivity contribution in [1.29, 1.82) is 5.26 Å². The van der Waals surface area contributed by atoms with E-state index in [4.69, 9.17) is 15.7 Å². The molecule has 1 aromatic carbocycles. The number of ether oxygens (including phenoxy) is 1. The second-order valence-corrected chi connectivity index (χ2v) is 5.13. The van der Waals surface area contributed by atoms with E-state index in [1.807, 2.05) is 13.0 Å². The number of rotatable bonds is 7. The highest BCUT2D eigenvalue weighted by Crippen LogP contribution is 2.28. The summed E-state index contributed by atoms with van der Waals surface area (Å²) in [5, 5.41) is 8.46. The Kier molecular flexibility index (Phi) is 6.77. The lowest BCUT2D eigenvalue weighted by atomic mass is 10.1. The normalized spacial score (nSPS) is 10.1. The molecule has 0 amide bonds. The molecule has 0 radical (unpaired) electrons. The Balaban J connectivity index is 2.65. The molecule has 0 aliphatic heterocycles. The summed E-state index contributed by atoms with van der Waals surface area (Å²) in [5.74, 6) is 0.945. The van der Waals surface area contributed by atoms with E-state index in [0.717, 1.165) is 40.6 Å². The van der Waals surface area contributed by atoms with Gasteiger partial charge in [-0.05, 0) is 56.0 Å². The Morgan fingerprint density at radius 2 is 2.17 bits per heavy atom. The first-order valence-electron chi connectivity index (χ1n) is 6.18. The molecule has 0 fully saturated rings. The Bertz CT molecular complexity index is 427. The van der Waals surface area contributed by atoms with Crippen LogP contribution < -0.4 is 10.5 Å². The molecule has 0 saturated carbocycles. The summed E-state index contributed by atoms with van der Waals surface area (Å²) in [5.41, 5.74) is 7.88. The molecule has 3 nitrogen and oxygen atoms in total. The first kappa shape index (κ1) is 15.0. The van der Waals surface area contributed by atoms with Crippen molar-refractivity contribution >= 4 is 15.9 Å².